The summed E-state index contributed by atoms with van der Waals surface area (Å²) < 4.78 is 12.0. The van der Waals surface area contributed by atoms with E-state index in [4.69, 9.17) is 9.47 Å². The number of hydrogen-bond donors (Lipinski definition) is 1. The van der Waals surface area contributed by atoms with E-state index in [1.54, 1.807) is 0 Å². The lowest BCUT2D eigenvalue weighted by molar-refractivity contribution is -0.116. The molecule has 2 aromatic carbocycles. The van der Waals surface area contributed by atoms with Crippen molar-refractivity contribution in [1.82, 2.24) is 0 Å². The van der Waals surface area contributed by atoms with Crippen LogP contribution in [-0.4, -0.2) is 19.1 Å². The molecule has 24 heavy (non-hydrogen) atoms. The molecular formula is C19H22BrNO3. The summed E-state index contributed by atoms with van der Waals surface area (Å²) in [7, 11) is 0. The van der Waals surface area contributed by atoms with Crippen LogP contribution in [-0.2, 0) is 11.2 Å². The summed E-state index contributed by atoms with van der Waals surface area (Å²) in [6.07, 6.45) is 1.05. The van der Waals surface area contributed by atoms with E-state index in [1.807, 2.05) is 56.3 Å². The maximum Gasteiger partial charge on any atom is 0.224 e. The minimum Gasteiger partial charge on any atom is -0.490 e. The Morgan fingerprint density at radius 2 is 1.75 bits per heavy atom. The molecule has 0 aliphatic carbocycles. The van der Waals surface area contributed by atoms with Gasteiger partial charge in [-0.05, 0) is 66.0 Å². The molecule has 0 saturated heterocycles. The number of anilines is 1. The highest BCUT2D eigenvalue weighted by Gasteiger charge is 2.09. The lowest BCUT2D eigenvalue weighted by Gasteiger charge is -2.12. The van der Waals surface area contributed by atoms with Crippen LogP contribution in [0.2, 0.25) is 0 Å². The third kappa shape index (κ3) is 5.27. The number of benzene rings is 2. The molecule has 0 spiro atoms. The first kappa shape index (κ1) is 18.3. The van der Waals surface area contributed by atoms with Gasteiger partial charge in [0.15, 0.2) is 11.5 Å². The minimum atomic E-state index is -0.0197. The summed E-state index contributed by atoms with van der Waals surface area (Å²) >= 11 is 3.43. The molecule has 0 bridgehead atoms. The molecule has 0 aromatic heterocycles. The molecule has 0 radical (unpaired) electrons. The molecule has 0 unspecified atom stereocenters. The molecule has 1 amide bonds. The first-order valence-corrected chi connectivity index (χ1v) is 8.86. The summed E-state index contributed by atoms with van der Waals surface area (Å²) in [6.45, 7) is 5.04. The zero-order valence-electron chi connectivity index (χ0n) is 14.0. The third-order valence-electron chi connectivity index (χ3n) is 3.40. The highest BCUT2D eigenvalue weighted by molar-refractivity contribution is 9.10. The second-order valence-corrected chi connectivity index (χ2v) is 6.03. The van der Waals surface area contributed by atoms with Crippen molar-refractivity contribution < 1.29 is 14.3 Å². The van der Waals surface area contributed by atoms with Gasteiger partial charge in [-0.3, -0.25) is 4.79 Å². The standard InChI is InChI=1S/C19H22BrNO3/c1-3-23-17-11-9-14(13-18(17)24-4-2)10-12-19(22)21-16-8-6-5-7-15(16)20/h5-9,11,13H,3-4,10,12H2,1-2H3,(H,21,22). The monoisotopic (exact) mass is 391 g/mol. The highest BCUT2D eigenvalue weighted by atomic mass is 79.9. The first-order chi connectivity index (χ1) is 11.6. The molecule has 2 rings (SSSR count). The smallest absolute Gasteiger partial charge is 0.224 e. The fraction of sp³-hybridized carbons (Fsp3) is 0.316. The molecule has 128 valence electrons. The minimum absolute atomic E-state index is 0.0197. The Labute approximate surface area is 151 Å². The number of aryl methyl sites for hydroxylation is 1. The quantitative estimate of drug-likeness (QED) is 0.701. The van der Waals surface area contributed by atoms with Gasteiger partial charge in [0.25, 0.3) is 0 Å². The average molecular weight is 392 g/mol. The molecule has 1 N–H and O–H groups in total. The number of nitrogens with one attached hydrogen (secondary N) is 1. The Balaban J connectivity index is 1.97. The highest BCUT2D eigenvalue weighted by Crippen LogP contribution is 2.29. The van der Waals surface area contributed by atoms with Crippen LogP contribution in [0.25, 0.3) is 0 Å². The molecule has 4 nitrogen and oxygen atoms in total. The third-order valence-corrected chi connectivity index (χ3v) is 4.09. The SMILES string of the molecule is CCOc1ccc(CCC(=O)Nc2ccccc2Br)cc1OCC. The van der Waals surface area contributed by atoms with E-state index in [1.165, 1.54) is 0 Å². The van der Waals surface area contributed by atoms with Gasteiger partial charge in [0.05, 0.1) is 18.9 Å². The van der Waals surface area contributed by atoms with E-state index < -0.39 is 0 Å². The van der Waals surface area contributed by atoms with Gasteiger partial charge in [0.2, 0.25) is 5.91 Å². The number of hydrogen-bond acceptors (Lipinski definition) is 3. The Morgan fingerprint density at radius 1 is 1.04 bits per heavy atom. The van der Waals surface area contributed by atoms with Gasteiger partial charge in [0, 0.05) is 10.9 Å². The van der Waals surface area contributed by atoms with Crippen LogP contribution in [0.3, 0.4) is 0 Å². The molecular weight excluding hydrogens is 370 g/mol. The second-order valence-electron chi connectivity index (χ2n) is 5.18. The molecule has 0 aliphatic heterocycles. The summed E-state index contributed by atoms with van der Waals surface area (Å²) in [4.78, 5) is 12.1. The zero-order valence-corrected chi connectivity index (χ0v) is 15.6. The summed E-state index contributed by atoms with van der Waals surface area (Å²) in [5.41, 5.74) is 1.83. The molecule has 0 aliphatic rings. The predicted molar refractivity (Wildman–Crippen MR) is 99.9 cm³/mol. The van der Waals surface area contributed by atoms with E-state index in [2.05, 4.69) is 21.2 Å². The topological polar surface area (TPSA) is 47.6 Å². The second kappa shape index (κ2) is 9.33. The Morgan fingerprint density at radius 3 is 2.46 bits per heavy atom. The Hall–Kier alpha value is -2.01. The van der Waals surface area contributed by atoms with Gasteiger partial charge in [-0.25, -0.2) is 0 Å². The van der Waals surface area contributed by atoms with E-state index >= 15 is 0 Å². The van der Waals surface area contributed by atoms with Crippen molar-refractivity contribution >= 4 is 27.5 Å². The Kier molecular flexibility index (Phi) is 7.12. The van der Waals surface area contributed by atoms with Crippen LogP contribution in [0.4, 0.5) is 5.69 Å². The normalized spacial score (nSPS) is 10.3. The molecule has 0 atom stereocenters. The van der Waals surface area contributed by atoms with Crippen LogP contribution in [0, 0.1) is 0 Å². The van der Waals surface area contributed by atoms with Crippen LogP contribution < -0.4 is 14.8 Å². The average Bonchev–Trinajstić information content (AvgIpc) is 2.57. The van der Waals surface area contributed by atoms with Gasteiger partial charge in [-0.15, -0.1) is 0 Å². The molecule has 5 heteroatoms. The van der Waals surface area contributed by atoms with Crippen LogP contribution in [0.1, 0.15) is 25.8 Å². The van der Waals surface area contributed by atoms with Gasteiger partial charge in [-0.2, -0.15) is 0 Å². The van der Waals surface area contributed by atoms with Crippen LogP contribution in [0.15, 0.2) is 46.9 Å². The molecule has 0 heterocycles. The number of rotatable bonds is 8. The summed E-state index contributed by atoms with van der Waals surface area (Å²) in [5, 5.41) is 2.91. The van der Waals surface area contributed by atoms with E-state index in [0.29, 0.717) is 26.1 Å². The predicted octanol–water partition coefficient (Wildman–Crippen LogP) is 4.82. The maximum atomic E-state index is 12.1. The molecule has 0 saturated carbocycles. The van der Waals surface area contributed by atoms with Crippen molar-refractivity contribution in [2.24, 2.45) is 0 Å². The van der Waals surface area contributed by atoms with Crippen LogP contribution in [0.5, 0.6) is 11.5 Å². The van der Waals surface area contributed by atoms with Crippen molar-refractivity contribution in [3.05, 3.63) is 52.5 Å². The number of carbonyl (C=O) groups is 1. The lowest BCUT2D eigenvalue weighted by Crippen LogP contribution is -2.12. The zero-order chi connectivity index (χ0) is 17.4. The van der Waals surface area contributed by atoms with E-state index in [9.17, 15) is 4.79 Å². The number of ether oxygens (including phenoxy) is 2. The molecule has 0 fully saturated rings. The molecule has 2 aromatic rings. The van der Waals surface area contributed by atoms with Gasteiger partial charge in [0.1, 0.15) is 0 Å². The number of carbonyl (C=O) groups excluding carboxylic acids is 1. The van der Waals surface area contributed by atoms with E-state index in [-0.39, 0.29) is 5.91 Å². The van der Waals surface area contributed by atoms with Gasteiger partial charge >= 0.3 is 0 Å². The Bertz CT molecular complexity index is 688. The van der Waals surface area contributed by atoms with Gasteiger partial charge in [-0.1, -0.05) is 18.2 Å². The van der Waals surface area contributed by atoms with Crippen molar-refractivity contribution in [3.8, 4) is 11.5 Å². The lowest BCUT2D eigenvalue weighted by atomic mass is 10.1. The fourth-order valence-electron chi connectivity index (χ4n) is 2.28. The van der Waals surface area contributed by atoms with Crippen molar-refractivity contribution in [2.45, 2.75) is 26.7 Å². The summed E-state index contributed by atoms with van der Waals surface area (Å²) in [6, 6.07) is 13.4. The number of para-hydroxylation sites is 1. The van der Waals surface area contributed by atoms with Crippen molar-refractivity contribution in [1.29, 1.82) is 0 Å². The van der Waals surface area contributed by atoms with Crippen molar-refractivity contribution in [2.75, 3.05) is 18.5 Å². The van der Waals surface area contributed by atoms with E-state index in [0.717, 1.165) is 27.2 Å². The largest absolute Gasteiger partial charge is 0.490 e. The van der Waals surface area contributed by atoms with Crippen LogP contribution >= 0.6 is 15.9 Å². The first-order valence-electron chi connectivity index (χ1n) is 8.07. The fourth-order valence-corrected chi connectivity index (χ4v) is 2.67. The maximum absolute atomic E-state index is 12.1. The van der Waals surface area contributed by atoms with Crippen molar-refractivity contribution in [3.63, 3.8) is 0 Å². The summed E-state index contributed by atoms with van der Waals surface area (Å²) in [5.74, 6) is 1.44. The number of halogens is 1. The number of amides is 1. The van der Waals surface area contributed by atoms with Gasteiger partial charge < -0.3 is 14.8 Å².